The van der Waals surface area contributed by atoms with Crippen molar-refractivity contribution < 1.29 is 23.7 Å². The van der Waals surface area contributed by atoms with Gasteiger partial charge >= 0.3 is 0 Å². The van der Waals surface area contributed by atoms with Gasteiger partial charge in [-0.3, -0.25) is 4.79 Å². The maximum absolute atomic E-state index is 12.9. The normalized spacial score (nSPS) is 16.8. The fraction of sp³-hybridized carbons (Fsp3) is 0.536. The van der Waals surface area contributed by atoms with E-state index in [4.69, 9.17) is 18.9 Å². The predicted molar refractivity (Wildman–Crippen MR) is 136 cm³/mol. The Morgan fingerprint density at radius 1 is 0.857 bits per heavy atom. The molecular weight excluding hydrogens is 444 g/mol. The summed E-state index contributed by atoms with van der Waals surface area (Å²) in [6, 6.07) is 8.21. The minimum atomic E-state index is 0.189. The van der Waals surface area contributed by atoms with Crippen molar-refractivity contribution in [1.82, 2.24) is 9.80 Å². The van der Waals surface area contributed by atoms with Crippen molar-refractivity contribution in [3.8, 4) is 23.0 Å². The zero-order valence-electron chi connectivity index (χ0n) is 21.7. The summed E-state index contributed by atoms with van der Waals surface area (Å²) in [7, 11) is 8.82. The Morgan fingerprint density at radius 2 is 1.46 bits per heavy atom. The first-order chi connectivity index (χ1) is 17.0. The summed E-state index contributed by atoms with van der Waals surface area (Å²) in [5, 5.41) is 0. The number of methoxy groups -OCH3 is 4. The molecule has 2 aromatic rings. The lowest BCUT2D eigenvalue weighted by atomic mass is 9.75. The van der Waals surface area contributed by atoms with Gasteiger partial charge in [-0.1, -0.05) is 0 Å². The highest BCUT2D eigenvalue weighted by molar-refractivity contribution is 5.80. The topological polar surface area (TPSA) is 60.5 Å². The van der Waals surface area contributed by atoms with Crippen molar-refractivity contribution in [1.29, 1.82) is 0 Å². The maximum atomic E-state index is 12.9. The van der Waals surface area contributed by atoms with Crippen molar-refractivity contribution in [2.24, 2.45) is 0 Å². The van der Waals surface area contributed by atoms with Gasteiger partial charge in [0.15, 0.2) is 23.0 Å². The first kappa shape index (κ1) is 25.2. The van der Waals surface area contributed by atoms with Crippen LogP contribution >= 0.6 is 0 Å². The molecule has 0 spiro atoms. The van der Waals surface area contributed by atoms with Crippen molar-refractivity contribution >= 4 is 5.91 Å². The molecule has 2 aliphatic rings. The molecule has 1 aliphatic carbocycles. The zero-order chi connectivity index (χ0) is 24.9. The Bertz CT molecular complexity index is 1050. The van der Waals surface area contributed by atoms with Gasteiger partial charge in [0.05, 0.1) is 34.9 Å². The molecule has 1 aliphatic heterocycles. The number of nitrogens with zero attached hydrogens (tertiary/aromatic N) is 2. The highest BCUT2D eigenvalue weighted by Crippen LogP contribution is 2.43. The predicted octanol–water partition coefficient (Wildman–Crippen LogP) is 3.70. The number of carbonyl (C=O) groups is 1. The molecule has 0 unspecified atom stereocenters. The van der Waals surface area contributed by atoms with Gasteiger partial charge in [0.2, 0.25) is 5.91 Å². The van der Waals surface area contributed by atoms with Crippen molar-refractivity contribution in [3.05, 3.63) is 46.5 Å². The van der Waals surface area contributed by atoms with E-state index in [1.807, 2.05) is 17.0 Å². The third kappa shape index (κ3) is 5.50. The van der Waals surface area contributed by atoms with E-state index in [9.17, 15) is 4.79 Å². The van der Waals surface area contributed by atoms with Crippen LogP contribution < -0.4 is 18.9 Å². The fourth-order valence-corrected chi connectivity index (χ4v) is 5.27. The van der Waals surface area contributed by atoms with Crippen LogP contribution in [0.5, 0.6) is 23.0 Å². The number of benzene rings is 2. The van der Waals surface area contributed by atoms with Crippen LogP contribution in [0, 0.1) is 0 Å². The van der Waals surface area contributed by atoms with Crippen molar-refractivity contribution in [2.45, 2.75) is 38.0 Å². The largest absolute Gasteiger partial charge is 0.493 e. The van der Waals surface area contributed by atoms with Gasteiger partial charge in [-0.05, 0) is 98.3 Å². The summed E-state index contributed by atoms with van der Waals surface area (Å²) >= 11 is 0. The molecule has 0 aromatic heterocycles. The Morgan fingerprint density at radius 3 is 2.11 bits per heavy atom. The number of hydrogen-bond donors (Lipinski definition) is 0. The number of amides is 1. The summed E-state index contributed by atoms with van der Waals surface area (Å²) in [4.78, 5) is 17.3. The van der Waals surface area contributed by atoms with E-state index in [1.165, 1.54) is 16.7 Å². The molecule has 4 rings (SSSR count). The minimum Gasteiger partial charge on any atom is -0.493 e. The standard InChI is InChI=1S/C28H38N2O5/c1-29(11-7-20-13-22-16-26(34-4)27(35-5)18-23(20)22)9-6-10-30-12-8-19-14-24(32-2)25(33-3)15-21(19)17-28(30)31/h14-16,18,20H,6-13,17H2,1-5H3/t20-/m0/s1. The summed E-state index contributed by atoms with van der Waals surface area (Å²) in [5.74, 6) is 3.79. The van der Waals surface area contributed by atoms with E-state index in [0.29, 0.717) is 18.1 Å². The Hall–Kier alpha value is -2.93. The lowest BCUT2D eigenvalue weighted by molar-refractivity contribution is -0.130. The van der Waals surface area contributed by atoms with Gasteiger partial charge in [-0.15, -0.1) is 0 Å². The monoisotopic (exact) mass is 482 g/mol. The molecule has 0 bridgehead atoms. The first-order valence-corrected chi connectivity index (χ1v) is 12.4. The van der Waals surface area contributed by atoms with Gasteiger partial charge in [-0.2, -0.15) is 0 Å². The van der Waals surface area contributed by atoms with Crippen LogP contribution in [0.2, 0.25) is 0 Å². The SMILES string of the molecule is COc1cc2c(cc1OC)CC(=O)N(CCCN(C)CC[C@H]1Cc3cc(OC)c(OC)cc31)CC2. The Balaban J connectivity index is 1.23. The lowest BCUT2D eigenvalue weighted by Gasteiger charge is -2.32. The van der Waals surface area contributed by atoms with E-state index in [1.54, 1.807) is 28.4 Å². The summed E-state index contributed by atoms with van der Waals surface area (Å²) < 4.78 is 21.8. The van der Waals surface area contributed by atoms with Crippen molar-refractivity contribution in [2.75, 3.05) is 61.7 Å². The molecule has 7 heteroatoms. The lowest BCUT2D eigenvalue weighted by Crippen LogP contribution is -2.35. The second-order valence-electron chi connectivity index (χ2n) is 9.54. The van der Waals surface area contributed by atoms with E-state index in [2.05, 4.69) is 24.1 Å². The molecule has 35 heavy (non-hydrogen) atoms. The number of ether oxygens (including phenoxy) is 4. The molecule has 0 saturated heterocycles. The molecule has 190 valence electrons. The molecule has 0 N–H and O–H groups in total. The van der Waals surface area contributed by atoms with Crippen LogP contribution in [-0.2, 0) is 24.1 Å². The van der Waals surface area contributed by atoms with Gasteiger partial charge in [0, 0.05) is 13.1 Å². The molecule has 0 fully saturated rings. The summed E-state index contributed by atoms with van der Waals surface area (Å²) in [6.07, 6.45) is 4.45. The quantitative estimate of drug-likeness (QED) is 0.487. The van der Waals surface area contributed by atoms with Crippen molar-refractivity contribution in [3.63, 3.8) is 0 Å². The highest BCUT2D eigenvalue weighted by Gasteiger charge is 2.28. The van der Waals surface area contributed by atoms with Crippen LogP contribution in [-0.4, -0.2) is 77.4 Å². The summed E-state index contributed by atoms with van der Waals surface area (Å²) in [5.41, 5.74) is 4.97. The molecular formula is C28H38N2O5. The third-order valence-electron chi connectivity index (χ3n) is 7.43. The summed E-state index contributed by atoms with van der Waals surface area (Å²) in [6.45, 7) is 3.55. The van der Waals surface area contributed by atoms with Crippen LogP contribution in [0.3, 0.4) is 0 Å². The molecule has 2 aromatic carbocycles. The fourth-order valence-electron chi connectivity index (χ4n) is 5.27. The zero-order valence-corrected chi connectivity index (χ0v) is 21.7. The number of hydrogen-bond acceptors (Lipinski definition) is 6. The third-order valence-corrected chi connectivity index (χ3v) is 7.43. The van der Waals surface area contributed by atoms with Gasteiger partial charge < -0.3 is 28.7 Å². The minimum absolute atomic E-state index is 0.189. The number of carbonyl (C=O) groups excluding carboxylic acids is 1. The van der Waals surface area contributed by atoms with Crippen LogP contribution in [0.15, 0.2) is 24.3 Å². The highest BCUT2D eigenvalue weighted by atomic mass is 16.5. The van der Waals surface area contributed by atoms with Gasteiger partial charge in [0.25, 0.3) is 0 Å². The Labute approximate surface area is 208 Å². The van der Waals surface area contributed by atoms with Crippen LogP contribution in [0.4, 0.5) is 0 Å². The smallest absolute Gasteiger partial charge is 0.227 e. The average Bonchev–Trinajstić information content (AvgIpc) is 3.01. The molecule has 1 amide bonds. The van der Waals surface area contributed by atoms with E-state index in [-0.39, 0.29) is 5.91 Å². The number of fused-ring (bicyclic) bond motifs is 2. The molecule has 1 heterocycles. The van der Waals surface area contributed by atoms with E-state index in [0.717, 1.165) is 74.7 Å². The maximum Gasteiger partial charge on any atom is 0.227 e. The molecule has 0 radical (unpaired) electrons. The molecule has 7 nitrogen and oxygen atoms in total. The van der Waals surface area contributed by atoms with Gasteiger partial charge in [-0.25, -0.2) is 0 Å². The number of rotatable bonds is 11. The van der Waals surface area contributed by atoms with E-state index >= 15 is 0 Å². The molecule has 0 saturated carbocycles. The Kier molecular flexibility index (Phi) is 8.06. The van der Waals surface area contributed by atoms with E-state index < -0.39 is 0 Å². The second-order valence-corrected chi connectivity index (χ2v) is 9.54. The average molecular weight is 483 g/mol. The first-order valence-electron chi connectivity index (χ1n) is 12.4. The van der Waals surface area contributed by atoms with Gasteiger partial charge in [0.1, 0.15) is 0 Å². The van der Waals surface area contributed by atoms with Crippen LogP contribution in [0.1, 0.15) is 41.0 Å². The molecule has 1 atom stereocenters. The van der Waals surface area contributed by atoms with Crippen LogP contribution in [0.25, 0.3) is 0 Å². The second kappa shape index (κ2) is 11.2.